The summed E-state index contributed by atoms with van der Waals surface area (Å²) in [6, 6.07) is 10.5. The molecular formula is C18H14N6O3. The zero-order valence-electron chi connectivity index (χ0n) is 14.2. The molecule has 0 unspecified atom stereocenters. The van der Waals surface area contributed by atoms with Crippen molar-refractivity contribution in [3.63, 3.8) is 0 Å². The fourth-order valence-electron chi connectivity index (χ4n) is 2.80. The highest BCUT2D eigenvalue weighted by molar-refractivity contribution is 6.13. The first-order chi connectivity index (χ1) is 13.1. The van der Waals surface area contributed by atoms with Crippen LogP contribution in [-0.2, 0) is 7.05 Å². The van der Waals surface area contributed by atoms with Crippen LogP contribution in [0.5, 0.6) is 0 Å². The number of nitrogens with zero attached hydrogens (tertiary/aromatic N) is 6. The molecule has 0 bridgehead atoms. The van der Waals surface area contributed by atoms with E-state index in [1.165, 1.54) is 16.6 Å². The zero-order chi connectivity index (χ0) is 19.0. The highest BCUT2D eigenvalue weighted by Crippen LogP contribution is 2.27. The molecule has 1 amide bonds. The molecular weight excluding hydrogens is 348 g/mol. The maximum Gasteiger partial charge on any atom is 0.339 e. The minimum Gasteiger partial charge on any atom is -0.478 e. The van der Waals surface area contributed by atoms with E-state index in [1.54, 1.807) is 53.3 Å². The van der Waals surface area contributed by atoms with Crippen LogP contribution in [0.2, 0.25) is 0 Å². The normalized spacial score (nSPS) is 10.9. The van der Waals surface area contributed by atoms with E-state index in [1.807, 2.05) is 6.07 Å². The number of amides is 1. The summed E-state index contributed by atoms with van der Waals surface area (Å²) in [7, 11) is 1.52. The molecule has 3 heterocycles. The Balaban J connectivity index is 1.90. The molecule has 0 aliphatic carbocycles. The van der Waals surface area contributed by atoms with Crippen LogP contribution in [0.4, 0.5) is 11.5 Å². The van der Waals surface area contributed by atoms with Crippen molar-refractivity contribution in [2.45, 2.75) is 0 Å². The van der Waals surface area contributed by atoms with Gasteiger partial charge in [0.1, 0.15) is 17.1 Å². The van der Waals surface area contributed by atoms with Crippen LogP contribution in [0.3, 0.4) is 0 Å². The SMILES string of the molecule is Cn1ncc(C(=O)O)c1C(=O)N(c1ccccc1)c1ccn2ccnc2n1. The zero-order valence-corrected chi connectivity index (χ0v) is 14.2. The van der Waals surface area contributed by atoms with Crippen molar-refractivity contribution >= 4 is 29.2 Å². The molecule has 0 radical (unpaired) electrons. The predicted octanol–water partition coefficient (Wildman–Crippen LogP) is 2.14. The van der Waals surface area contributed by atoms with E-state index < -0.39 is 11.9 Å². The molecule has 4 rings (SSSR count). The van der Waals surface area contributed by atoms with Gasteiger partial charge in [-0.25, -0.2) is 9.78 Å². The number of aromatic nitrogens is 5. The fraction of sp³-hybridized carbons (Fsp3) is 0.0556. The standard InChI is InChI=1S/C18H14N6O3/c1-22-15(13(11-20-22)17(26)27)16(25)24(12-5-3-2-4-6-12)14-7-9-23-10-8-19-18(23)21-14/h2-11H,1H3,(H,26,27). The number of para-hydroxylation sites is 1. The smallest absolute Gasteiger partial charge is 0.339 e. The molecule has 0 saturated heterocycles. The third-order valence-electron chi connectivity index (χ3n) is 4.07. The topological polar surface area (TPSA) is 106 Å². The first-order valence-corrected chi connectivity index (χ1v) is 8.01. The Bertz CT molecular complexity index is 1150. The summed E-state index contributed by atoms with van der Waals surface area (Å²) >= 11 is 0. The molecule has 0 aliphatic heterocycles. The number of anilines is 2. The number of carboxylic acids is 1. The van der Waals surface area contributed by atoms with Crippen LogP contribution in [0.25, 0.3) is 5.78 Å². The van der Waals surface area contributed by atoms with Crippen LogP contribution >= 0.6 is 0 Å². The predicted molar refractivity (Wildman–Crippen MR) is 96.1 cm³/mol. The summed E-state index contributed by atoms with van der Waals surface area (Å²) < 4.78 is 2.96. The summed E-state index contributed by atoms with van der Waals surface area (Å²) in [6.07, 6.45) is 6.23. The summed E-state index contributed by atoms with van der Waals surface area (Å²) in [5.74, 6) is -1.04. The van der Waals surface area contributed by atoms with Crippen LogP contribution in [0.1, 0.15) is 20.8 Å². The molecule has 134 valence electrons. The van der Waals surface area contributed by atoms with Crippen LogP contribution in [0, 0.1) is 0 Å². The average molecular weight is 362 g/mol. The number of benzene rings is 1. The number of carbonyl (C=O) groups is 2. The van der Waals surface area contributed by atoms with Crippen LogP contribution in [0.15, 0.2) is 61.2 Å². The van der Waals surface area contributed by atoms with Gasteiger partial charge < -0.3 is 5.11 Å². The molecule has 4 aromatic rings. The van der Waals surface area contributed by atoms with E-state index in [-0.39, 0.29) is 11.3 Å². The van der Waals surface area contributed by atoms with Gasteiger partial charge >= 0.3 is 5.97 Å². The molecule has 1 N–H and O–H groups in total. The van der Waals surface area contributed by atoms with Crippen LogP contribution < -0.4 is 4.90 Å². The van der Waals surface area contributed by atoms with E-state index in [2.05, 4.69) is 15.1 Å². The molecule has 9 heteroatoms. The van der Waals surface area contributed by atoms with Crippen molar-refractivity contribution < 1.29 is 14.7 Å². The maximum atomic E-state index is 13.4. The number of aryl methyl sites for hydroxylation is 1. The van der Waals surface area contributed by atoms with Crippen LogP contribution in [-0.4, -0.2) is 41.1 Å². The second kappa shape index (κ2) is 6.37. The second-order valence-corrected chi connectivity index (χ2v) is 5.73. The Kier molecular flexibility index (Phi) is 3.88. The Hall–Kier alpha value is -4.01. The Morgan fingerprint density at radius 3 is 2.63 bits per heavy atom. The quantitative estimate of drug-likeness (QED) is 0.596. The lowest BCUT2D eigenvalue weighted by molar-refractivity contribution is 0.0691. The van der Waals surface area contributed by atoms with E-state index >= 15 is 0 Å². The monoisotopic (exact) mass is 362 g/mol. The van der Waals surface area contributed by atoms with Crippen molar-refractivity contribution in [1.82, 2.24) is 24.1 Å². The number of hydrogen-bond acceptors (Lipinski definition) is 5. The first kappa shape index (κ1) is 16.5. The third kappa shape index (κ3) is 2.80. The summed E-state index contributed by atoms with van der Waals surface area (Å²) in [5.41, 5.74) is 0.324. The molecule has 3 aromatic heterocycles. The Morgan fingerprint density at radius 2 is 1.89 bits per heavy atom. The van der Waals surface area contributed by atoms with E-state index in [9.17, 15) is 14.7 Å². The lowest BCUT2D eigenvalue weighted by Crippen LogP contribution is -2.30. The van der Waals surface area contributed by atoms with Crippen molar-refractivity contribution in [2.24, 2.45) is 7.05 Å². The number of fused-ring (bicyclic) bond motifs is 1. The summed E-state index contributed by atoms with van der Waals surface area (Å²) in [6.45, 7) is 0. The van der Waals surface area contributed by atoms with E-state index in [0.717, 1.165) is 6.20 Å². The Morgan fingerprint density at radius 1 is 1.11 bits per heavy atom. The molecule has 0 fully saturated rings. The lowest BCUT2D eigenvalue weighted by atomic mass is 10.2. The largest absolute Gasteiger partial charge is 0.478 e. The second-order valence-electron chi connectivity index (χ2n) is 5.73. The average Bonchev–Trinajstić information content (AvgIpc) is 3.28. The number of hydrogen-bond donors (Lipinski definition) is 1. The Labute approximate surface area is 153 Å². The van der Waals surface area contributed by atoms with Gasteiger partial charge in [0.05, 0.1) is 11.9 Å². The number of carbonyl (C=O) groups excluding carboxylic acids is 1. The molecule has 1 aromatic carbocycles. The van der Waals surface area contributed by atoms with Gasteiger partial charge in [0.25, 0.3) is 5.91 Å². The highest BCUT2D eigenvalue weighted by atomic mass is 16.4. The van der Waals surface area contributed by atoms with Crippen molar-refractivity contribution in [3.05, 3.63) is 72.4 Å². The van der Waals surface area contributed by atoms with Gasteiger partial charge in [0.15, 0.2) is 0 Å². The number of carboxylic acid groups (broad SMARTS) is 1. The van der Waals surface area contributed by atoms with Gasteiger partial charge in [-0.1, -0.05) is 18.2 Å². The molecule has 0 aliphatic rings. The van der Waals surface area contributed by atoms with Crippen molar-refractivity contribution in [3.8, 4) is 0 Å². The van der Waals surface area contributed by atoms with Gasteiger partial charge in [-0.3, -0.25) is 18.8 Å². The fourth-order valence-corrected chi connectivity index (χ4v) is 2.80. The molecule has 0 saturated carbocycles. The maximum absolute atomic E-state index is 13.4. The molecule has 27 heavy (non-hydrogen) atoms. The summed E-state index contributed by atoms with van der Waals surface area (Å²) in [5, 5.41) is 13.3. The molecule has 9 nitrogen and oxygen atoms in total. The number of imidazole rings is 1. The number of rotatable bonds is 4. The minimum atomic E-state index is -1.23. The molecule has 0 atom stereocenters. The van der Waals surface area contributed by atoms with Gasteiger partial charge in [0.2, 0.25) is 5.78 Å². The number of aromatic carboxylic acids is 1. The lowest BCUT2D eigenvalue weighted by Gasteiger charge is -2.22. The van der Waals surface area contributed by atoms with E-state index in [0.29, 0.717) is 17.3 Å². The van der Waals surface area contributed by atoms with Gasteiger partial charge in [-0.2, -0.15) is 10.1 Å². The van der Waals surface area contributed by atoms with E-state index in [4.69, 9.17) is 0 Å². The first-order valence-electron chi connectivity index (χ1n) is 8.01. The van der Waals surface area contributed by atoms with Gasteiger partial charge in [-0.15, -0.1) is 0 Å². The molecule has 0 spiro atoms. The van der Waals surface area contributed by atoms with Crippen molar-refractivity contribution in [1.29, 1.82) is 0 Å². The van der Waals surface area contributed by atoms with Gasteiger partial charge in [-0.05, 0) is 18.2 Å². The summed E-state index contributed by atoms with van der Waals surface area (Å²) in [4.78, 5) is 34.8. The highest BCUT2D eigenvalue weighted by Gasteiger charge is 2.29. The van der Waals surface area contributed by atoms with Gasteiger partial charge in [0, 0.05) is 25.6 Å². The minimum absolute atomic E-state index is 0.0450. The third-order valence-corrected chi connectivity index (χ3v) is 4.07. The van der Waals surface area contributed by atoms with Crippen molar-refractivity contribution in [2.75, 3.05) is 4.90 Å².